The molecule has 1 nitrogen and oxygen atoms in total. The lowest BCUT2D eigenvalue weighted by atomic mass is 10.0. The molecule has 1 aliphatic rings. The van der Waals surface area contributed by atoms with Gasteiger partial charge >= 0.3 is 0 Å². The first-order valence-corrected chi connectivity index (χ1v) is 7.69. The molecule has 0 N–H and O–H groups in total. The second-order valence-electron chi connectivity index (χ2n) is 4.02. The monoisotopic (exact) mass is 204 g/mol. The lowest BCUT2D eigenvalue weighted by molar-refractivity contribution is -0.0221. The molecule has 0 aliphatic carbocycles. The number of ether oxygens (including phenoxy) is 1. The van der Waals surface area contributed by atoms with Crippen molar-refractivity contribution in [2.75, 3.05) is 6.61 Å². The quantitative estimate of drug-likeness (QED) is 0.646. The van der Waals surface area contributed by atoms with E-state index in [9.17, 15) is 0 Å². The van der Waals surface area contributed by atoms with E-state index in [1.54, 1.807) is 0 Å². The van der Waals surface area contributed by atoms with Crippen molar-refractivity contribution in [1.29, 1.82) is 0 Å². The average Bonchev–Trinajstić information content (AvgIpc) is 2.31. The van der Waals surface area contributed by atoms with E-state index in [4.69, 9.17) is 4.74 Å². The van der Waals surface area contributed by atoms with Crippen LogP contribution in [-0.4, -0.2) is 23.4 Å². The molecule has 0 aromatic heterocycles. The molecule has 0 bridgehead atoms. The molecule has 1 heterocycles. The molecule has 14 heavy (non-hydrogen) atoms. The third kappa shape index (κ3) is 1.79. The normalized spacial score (nSPS) is 28.3. The van der Waals surface area contributed by atoms with E-state index in [0.717, 1.165) is 6.61 Å². The molecule has 1 aromatic carbocycles. The average molecular weight is 204 g/mol. The van der Waals surface area contributed by atoms with Gasteiger partial charge in [-0.15, -0.1) is 0 Å². The van der Waals surface area contributed by atoms with E-state index < -0.39 is 0 Å². The standard InChI is InChI=1S/C11H17BOSi/c12-14-11(8-4-5-9-13-11)10-6-2-1-3-7-10/h1-3,6-7H,4-5,8-9,12,14H2. The maximum atomic E-state index is 6.06. The number of hydrogen-bond donors (Lipinski definition) is 0. The van der Waals surface area contributed by atoms with E-state index in [1.165, 1.54) is 24.8 Å². The van der Waals surface area contributed by atoms with Crippen LogP contribution in [0.4, 0.5) is 0 Å². The van der Waals surface area contributed by atoms with Gasteiger partial charge in [0, 0.05) is 16.0 Å². The molecule has 1 aliphatic heterocycles. The van der Waals surface area contributed by atoms with E-state index in [-0.39, 0.29) is 14.6 Å². The van der Waals surface area contributed by atoms with Crippen LogP contribution in [0.15, 0.2) is 30.3 Å². The molecule has 0 amide bonds. The highest BCUT2D eigenvalue weighted by Crippen LogP contribution is 2.33. The van der Waals surface area contributed by atoms with Crippen molar-refractivity contribution < 1.29 is 4.74 Å². The largest absolute Gasteiger partial charge is 0.375 e. The SMILES string of the molecule is B[SiH2]C1(c2ccccc2)CCCCO1. The Kier molecular flexibility index (Phi) is 3.09. The van der Waals surface area contributed by atoms with Gasteiger partial charge in [-0.3, -0.25) is 0 Å². The minimum absolute atomic E-state index is 0.152. The van der Waals surface area contributed by atoms with Crippen LogP contribution < -0.4 is 0 Å². The van der Waals surface area contributed by atoms with E-state index in [0.29, 0.717) is 0 Å². The van der Waals surface area contributed by atoms with Gasteiger partial charge in [0.25, 0.3) is 0 Å². The zero-order chi connectivity index (χ0) is 9.86. The molecule has 1 unspecified atom stereocenters. The molecule has 0 spiro atoms. The van der Waals surface area contributed by atoms with Gasteiger partial charge in [-0.1, -0.05) is 30.3 Å². The molecule has 2 rings (SSSR count). The molecule has 74 valence electrons. The lowest BCUT2D eigenvalue weighted by Crippen LogP contribution is -2.39. The summed E-state index contributed by atoms with van der Waals surface area (Å²) in [4.78, 5) is 0. The van der Waals surface area contributed by atoms with E-state index in [2.05, 4.69) is 37.8 Å². The van der Waals surface area contributed by atoms with E-state index >= 15 is 0 Å². The Bertz CT molecular complexity index is 283. The summed E-state index contributed by atoms with van der Waals surface area (Å²) in [6.07, 6.45) is 3.80. The summed E-state index contributed by atoms with van der Waals surface area (Å²) in [5.74, 6) is 0. The number of hydrogen-bond acceptors (Lipinski definition) is 1. The van der Waals surface area contributed by atoms with Gasteiger partial charge < -0.3 is 4.74 Å². The predicted molar refractivity (Wildman–Crippen MR) is 65.0 cm³/mol. The zero-order valence-corrected chi connectivity index (χ0v) is 10.2. The summed E-state index contributed by atoms with van der Waals surface area (Å²) in [5.41, 5.74) is 1.41. The number of benzene rings is 1. The van der Waals surface area contributed by atoms with Gasteiger partial charge in [0.05, 0.1) is 12.7 Å². The summed E-state index contributed by atoms with van der Waals surface area (Å²) in [7, 11) is 2.20. The topological polar surface area (TPSA) is 9.23 Å². The zero-order valence-electron chi connectivity index (χ0n) is 8.83. The highest BCUT2D eigenvalue weighted by molar-refractivity contribution is 6.90. The van der Waals surface area contributed by atoms with Crippen molar-refractivity contribution in [2.45, 2.75) is 24.5 Å². The summed E-state index contributed by atoms with van der Waals surface area (Å²) in [6, 6.07) is 10.8. The third-order valence-electron chi connectivity index (χ3n) is 3.22. The maximum Gasteiger partial charge on any atom is 0.0932 e. The van der Waals surface area contributed by atoms with Crippen LogP contribution in [0.3, 0.4) is 0 Å². The first kappa shape index (κ1) is 10.00. The van der Waals surface area contributed by atoms with Gasteiger partial charge in [0.2, 0.25) is 0 Å². The predicted octanol–water partition coefficient (Wildman–Crippen LogP) is 0.757. The Labute approximate surface area is 89.0 Å². The van der Waals surface area contributed by atoms with Crippen LogP contribution in [-0.2, 0) is 9.96 Å². The minimum atomic E-state index is -0.159. The van der Waals surface area contributed by atoms with Crippen LogP contribution in [0.25, 0.3) is 0 Å². The molecule has 0 saturated carbocycles. The van der Waals surface area contributed by atoms with Crippen LogP contribution in [0.2, 0.25) is 0 Å². The van der Waals surface area contributed by atoms with Crippen molar-refractivity contribution in [2.24, 2.45) is 0 Å². The molecule has 0 radical (unpaired) electrons. The third-order valence-corrected chi connectivity index (χ3v) is 5.33. The minimum Gasteiger partial charge on any atom is -0.375 e. The van der Waals surface area contributed by atoms with Crippen molar-refractivity contribution in [3.63, 3.8) is 0 Å². The maximum absolute atomic E-state index is 6.06. The van der Waals surface area contributed by atoms with Crippen LogP contribution in [0.5, 0.6) is 0 Å². The summed E-state index contributed by atoms with van der Waals surface area (Å²) < 4.78 is 6.06. The first-order valence-electron chi connectivity index (χ1n) is 5.57. The molecular weight excluding hydrogens is 187 g/mol. The van der Waals surface area contributed by atoms with Gasteiger partial charge in [-0.2, -0.15) is 0 Å². The Morgan fingerprint density at radius 2 is 2.00 bits per heavy atom. The Morgan fingerprint density at radius 1 is 1.21 bits per heavy atom. The van der Waals surface area contributed by atoms with Crippen LogP contribution >= 0.6 is 0 Å². The molecule has 1 saturated heterocycles. The van der Waals surface area contributed by atoms with Crippen molar-refractivity contribution >= 4 is 16.8 Å². The van der Waals surface area contributed by atoms with Crippen LogP contribution in [0.1, 0.15) is 24.8 Å². The van der Waals surface area contributed by atoms with Crippen molar-refractivity contribution in [1.82, 2.24) is 0 Å². The summed E-state index contributed by atoms with van der Waals surface area (Å²) in [5, 5.41) is 0.152. The fraction of sp³-hybridized carbons (Fsp3) is 0.455. The molecule has 1 aromatic rings. The Hall–Kier alpha value is -0.538. The second-order valence-corrected chi connectivity index (χ2v) is 5.87. The highest BCUT2D eigenvalue weighted by Gasteiger charge is 2.32. The van der Waals surface area contributed by atoms with Crippen LogP contribution in [0, 0.1) is 0 Å². The van der Waals surface area contributed by atoms with Crippen molar-refractivity contribution in [3.05, 3.63) is 35.9 Å². The molecule has 3 heteroatoms. The molecule has 1 atom stereocenters. The molecule has 1 fully saturated rings. The smallest absolute Gasteiger partial charge is 0.0932 e. The van der Waals surface area contributed by atoms with Gasteiger partial charge in [0.1, 0.15) is 0 Å². The first-order chi connectivity index (χ1) is 6.87. The Balaban J connectivity index is 2.27. The highest BCUT2D eigenvalue weighted by atomic mass is 28.2. The summed E-state index contributed by atoms with van der Waals surface area (Å²) in [6.45, 7) is 0.954. The summed E-state index contributed by atoms with van der Waals surface area (Å²) >= 11 is 0. The number of rotatable bonds is 2. The fourth-order valence-corrected chi connectivity index (χ4v) is 3.90. The molecular formula is C11H17BOSi. The Morgan fingerprint density at radius 3 is 2.57 bits per heavy atom. The van der Waals surface area contributed by atoms with Gasteiger partial charge in [0.15, 0.2) is 0 Å². The van der Waals surface area contributed by atoms with Gasteiger partial charge in [-0.05, 0) is 24.8 Å². The fourth-order valence-electron chi connectivity index (χ4n) is 2.30. The van der Waals surface area contributed by atoms with Gasteiger partial charge in [-0.25, -0.2) is 0 Å². The van der Waals surface area contributed by atoms with E-state index in [1.807, 2.05) is 0 Å². The lowest BCUT2D eigenvalue weighted by Gasteiger charge is -2.37. The second kappa shape index (κ2) is 4.32. The van der Waals surface area contributed by atoms with Crippen molar-refractivity contribution in [3.8, 4) is 0 Å².